The van der Waals surface area contributed by atoms with Crippen LogP contribution in [0.15, 0.2) is 0 Å². The summed E-state index contributed by atoms with van der Waals surface area (Å²) in [6, 6.07) is 0. The van der Waals surface area contributed by atoms with Gasteiger partial charge in [-0.15, -0.1) is 8.58 Å². The summed E-state index contributed by atoms with van der Waals surface area (Å²) in [5, 5.41) is 0. The van der Waals surface area contributed by atoms with E-state index in [0.717, 1.165) is 21.3 Å². The second-order valence-electron chi connectivity index (χ2n) is 2.19. The third-order valence-corrected chi connectivity index (χ3v) is 7.57. The van der Waals surface area contributed by atoms with Crippen molar-refractivity contribution in [2.75, 3.05) is 12.3 Å². The van der Waals surface area contributed by atoms with Crippen LogP contribution in [0.3, 0.4) is 0 Å². The monoisotopic (exact) mass is 384 g/mol. The third kappa shape index (κ3) is 2.76. The van der Waals surface area contributed by atoms with Crippen LogP contribution in [-0.4, -0.2) is 33.7 Å². The summed E-state index contributed by atoms with van der Waals surface area (Å²) in [5.41, 5.74) is 0. The van der Waals surface area contributed by atoms with Crippen molar-refractivity contribution >= 4 is 29.9 Å². The van der Waals surface area contributed by atoms with Gasteiger partial charge in [-0.25, -0.2) is 0 Å². The molecule has 74 valence electrons. The SMILES string of the molecule is C1CP1.O=[C]=[W](=[C]=O)(=[C]=O)(=[C]=O)=[C]=O. The molecule has 7 heteroatoms. The van der Waals surface area contributed by atoms with Gasteiger partial charge in [0.2, 0.25) is 0 Å². The summed E-state index contributed by atoms with van der Waals surface area (Å²) in [6.07, 6.45) is 3.06. The summed E-state index contributed by atoms with van der Waals surface area (Å²) >= 11 is -6.08. The first-order valence-electron chi connectivity index (χ1n) is 3.25. The first-order chi connectivity index (χ1) is 6.62. The third-order valence-electron chi connectivity index (χ3n) is 1.08. The molecule has 1 fully saturated rings. The Morgan fingerprint density at radius 2 is 0.929 bits per heavy atom. The van der Waals surface area contributed by atoms with Crippen molar-refractivity contribution in [1.29, 1.82) is 0 Å². The normalized spacial score (nSPS) is 10.9. The van der Waals surface area contributed by atoms with Crippen LogP contribution < -0.4 is 0 Å². The zero-order chi connectivity index (χ0) is 11.1. The molecule has 1 heterocycles. The van der Waals surface area contributed by atoms with Crippen LogP contribution in [0.5, 0.6) is 0 Å². The molecule has 0 saturated carbocycles. The average Bonchev–Trinajstić information content (AvgIpc) is 3.11. The van der Waals surface area contributed by atoms with Crippen molar-refractivity contribution in [3.8, 4) is 0 Å². The van der Waals surface area contributed by atoms with Crippen molar-refractivity contribution in [2.24, 2.45) is 0 Å². The molecule has 0 spiro atoms. The first-order valence-corrected chi connectivity index (χ1v) is 12.0. The maximum atomic E-state index is 9.99. The fourth-order valence-corrected chi connectivity index (χ4v) is 1.39. The fraction of sp³-hybridized carbons (Fsp3) is 0.286. The maximum absolute atomic E-state index is 9.99. The Kier molecular flexibility index (Phi) is 4.68. The molecule has 0 aromatic heterocycles. The van der Waals surface area contributed by atoms with Crippen molar-refractivity contribution in [3.63, 3.8) is 0 Å². The number of hydrogen-bond acceptors (Lipinski definition) is 5. The van der Waals surface area contributed by atoms with Gasteiger partial charge in [-0.1, -0.05) is 0 Å². The van der Waals surface area contributed by atoms with Gasteiger partial charge in [-0.2, -0.15) is 0 Å². The van der Waals surface area contributed by atoms with Gasteiger partial charge in [0.05, 0.1) is 0 Å². The topological polar surface area (TPSA) is 85.3 Å². The molecule has 1 aliphatic heterocycles. The van der Waals surface area contributed by atoms with Crippen LogP contribution in [0, 0.1) is 0 Å². The molecule has 0 atom stereocenters. The van der Waals surface area contributed by atoms with E-state index in [2.05, 4.69) is 0 Å². The quantitative estimate of drug-likeness (QED) is 0.485. The molecule has 0 aromatic carbocycles. The molecule has 1 rings (SSSR count). The summed E-state index contributed by atoms with van der Waals surface area (Å²) in [7, 11) is 1.33. The molecular formula is C7H5O5PW. The molecule has 0 aromatic rings. The van der Waals surface area contributed by atoms with Gasteiger partial charge in [0.25, 0.3) is 0 Å². The zero-order valence-corrected chi connectivity index (χ0v) is 10.8. The fourth-order valence-electron chi connectivity index (χ4n) is 0.170. The molecule has 0 N–H and O–H groups in total. The molecular weight excluding hydrogens is 379 g/mol. The molecule has 1 aliphatic rings. The molecule has 0 bridgehead atoms. The van der Waals surface area contributed by atoms with Crippen LogP contribution in [-0.2, 0) is 36.5 Å². The Bertz CT molecular complexity index is 598. The Morgan fingerprint density at radius 1 is 0.714 bits per heavy atom. The molecule has 14 heavy (non-hydrogen) atoms. The van der Waals surface area contributed by atoms with E-state index in [1.54, 1.807) is 0 Å². The minimum absolute atomic E-state index is 0.792. The Balaban J connectivity index is 0.000000469. The Hall–Kier alpha value is -0.982. The second kappa shape index (κ2) is 5.04. The Morgan fingerprint density at radius 3 is 0.929 bits per heavy atom. The van der Waals surface area contributed by atoms with Crippen LogP contribution in [0.2, 0.25) is 0 Å². The predicted molar refractivity (Wildman–Crippen MR) is 46.5 cm³/mol. The van der Waals surface area contributed by atoms with Crippen molar-refractivity contribution in [1.82, 2.24) is 0 Å². The van der Waals surface area contributed by atoms with E-state index >= 15 is 0 Å². The Labute approximate surface area is 78.9 Å². The van der Waals surface area contributed by atoms with Gasteiger partial charge in [0.1, 0.15) is 0 Å². The minimum atomic E-state index is -6.08. The summed E-state index contributed by atoms with van der Waals surface area (Å²) < 4.78 is 3.96. The van der Waals surface area contributed by atoms with Crippen LogP contribution in [0.25, 0.3) is 0 Å². The van der Waals surface area contributed by atoms with Gasteiger partial charge >= 0.3 is 57.8 Å². The molecule has 1 saturated heterocycles. The van der Waals surface area contributed by atoms with E-state index in [1.807, 2.05) is 0 Å². The number of carbonyl (C=O) groups excluding carboxylic acids is 5. The van der Waals surface area contributed by atoms with Gasteiger partial charge in [0.15, 0.2) is 0 Å². The average molecular weight is 384 g/mol. The van der Waals surface area contributed by atoms with Crippen molar-refractivity contribution in [3.05, 3.63) is 0 Å². The number of hydrogen-bond donors (Lipinski definition) is 0. The zero-order valence-electron chi connectivity index (χ0n) is 6.86. The van der Waals surface area contributed by atoms with Crippen LogP contribution in [0.4, 0.5) is 0 Å². The predicted octanol–water partition coefficient (Wildman–Crippen LogP) is -1.31. The molecule has 0 amide bonds. The van der Waals surface area contributed by atoms with Gasteiger partial charge in [0, 0.05) is 0 Å². The van der Waals surface area contributed by atoms with E-state index in [4.69, 9.17) is 0 Å². The van der Waals surface area contributed by atoms with E-state index in [0.29, 0.717) is 0 Å². The standard InChI is InChI=1S/C2H5P.5CO.W/c1-2-3-1;5*1-2;/h3H,1-2H2;;;;;;. The van der Waals surface area contributed by atoms with Gasteiger partial charge < -0.3 is 0 Å². The molecule has 0 radical (unpaired) electrons. The van der Waals surface area contributed by atoms with Gasteiger partial charge in [-0.05, 0) is 12.3 Å². The molecule has 0 unspecified atom stereocenters. The molecule has 0 aliphatic carbocycles. The summed E-state index contributed by atoms with van der Waals surface area (Å²) in [6.45, 7) is 0. The van der Waals surface area contributed by atoms with Crippen LogP contribution >= 0.6 is 8.58 Å². The van der Waals surface area contributed by atoms with E-state index in [1.165, 1.54) is 20.9 Å². The van der Waals surface area contributed by atoms with Crippen molar-refractivity contribution < 1.29 is 36.5 Å². The van der Waals surface area contributed by atoms with Crippen molar-refractivity contribution in [2.45, 2.75) is 0 Å². The van der Waals surface area contributed by atoms with E-state index in [-0.39, 0.29) is 0 Å². The van der Waals surface area contributed by atoms with Gasteiger partial charge in [-0.3, -0.25) is 0 Å². The first kappa shape index (κ1) is 13.0. The van der Waals surface area contributed by atoms with E-state index in [9.17, 15) is 24.0 Å². The summed E-state index contributed by atoms with van der Waals surface area (Å²) in [4.78, 5) is 50.0. The molecule has 5 nitrogen and oxygen atoms in total. The second-order valence-corrected chi connectivity index (χ2v) is 14.0. The van der Waals surface area contributed by atoms with Crippen LogP contribution in [0.1, 0.15) is 0 Å². The number of rotatable bonds is 0. The van der Waals surface area contributed by atoms with E-state index < -0.39 is 12.5 Å². The summed E-state index contributed by atoms with van der Waals surface area (Å²) in [5.74, 6) is 0.